The number of anilines is 1. The van der Waals surface area contributed by atoms with Gasteiger partial charge in [0.05, 0.1) is 0 Å². The number of carbonyl (C=O) groups excluding carboxylic acids is 1. The highest BCUT2D eigenvalue weighted by Crippen LogP contribution is 2.16. The van der Waals surface area contributed by atoms with Crippen molar-refractivity contribution in [1.29, 1.82) is 0 Å². The minimum absolute atomic E-state index is 0.0264. The zero-order chi connectivity index (χ0) is 13.7. The number of aromatic nitrogens is 1. The maximum absolute atomic E-state index is 11.2. The highest BCUT2D eigenvalue weighted by atomic mass is 16.4. The first-order valence-electron chi connectivity index (χ1n) is 5.67. The topological polar surface area (TPSA) is 91.3 Å². The minimum Gasteiger partial charge on any atom is -0.465 e. The van der Waals surface area contributed by atoms with Crippen LogP contribution in [-0.4, -0.2) is 22.1 Å². The van der Waals surface area contributed by atoms with Crippen LogP contribution in [0.1, 0.15) is 30.2 Å². The standard InChI is InChI=1S/C12H17N3O3/c1-4-11(16)13-6-9-7(2)5-10(14-8(9)3)15-12(17)18/h5H,4,6H2,1-3H3,(H,13,16)(H,14,15)(H,17,18). The summed E-state index contributed by atoms with van der Waals surface area (Å²) in [6, 6.07) is 1.65. The van der Waals surface area contributed by atoms with Crippen LogP contribution in [0.5, 0.6) is 0 Å². The Bertz CT molecular complexity index is 449. The fraction of sp³-hybridized carbons (Fsp3) is 0.417. The Hall–Kier alpha value is -2.11. The number of rotatable bonds is 4. The predicted octanol–water partition coefficient (Wildman–Crippen LogP) is 1.81. The fourth-order valence-electron chi connectivity index (χ4n) is 1.61. The average molecular weight is 251 g/mol. The summed E-state index contributed by atoms with van der Waals surface area (Å²) < 4.78 is 0. The van der Waals surface area contributed by atoms with Gasteiger partial charge in [-0.25, -0.2) is 9.78 Å². The predicted molar refractivity (Wildman–Crippen MR) is 67.5 cm³/mol. The van der Waals surface area contributed by atoms with Gasteiger partial charge in [0.25, 0.3) is 0 Å². The van der Waals surface area contributed by atoms with E-state index in [1.165, 1.54) is 0 Å². The Morgan fingerprint density at radius 2 is 2.06 bits per heavy atom. The lowest BCUT2D eigenvalue weighted by Crippen LogP contribution is -2.23. The van der Waals surface area contributed by atoms with Crippen molar-refractivity contribution in [2.45, 2.75) is 33.7 Å². The quantitative estimate of drug-likeness (QED) is 0.761. The van der Waals surface area contributed by atoms with Crippen LogP contribution in [0.4, 0.5) is 10.6 Å². The molecule has 0 aromatic carbocycles. The number of aryl methyl sites for hydroxylation is 2. The van der Waals surface area contributed by atoms with Gasteiger partial charge >= 0.3 is 6.09 Å². The summed E-state index contributed by atoms with van der Waals surface area (Å²) in [5.74, 6) is 0.268. The molecule has 2 amide bonds. The molecule has 98 valence electrons. The molecular weight excluding hydrogens is 234 g/mol. The van der Waals surface area contributed by atoms with Gasteiger partial charge in [0.2, 0.25) is 5.91 Å². The molecule has 0 saturated carbocycles. The Labute approximate surface area is 105 Å². The van der Waals surface area contributed by atoms with Crippen LogP contribution in [0.3, 0.4) is 0 Å². The first-order chi connectivity index (χ1) is 8.43. The molecule has 18 heavy (non-hydrogen) atoms. The third kappa shape index (κ3) is 3.73. The van der Waals surface area contributed by atoms with E-state index < -0.39 is 6.09 Å². The van der Waals surface area contributed by atoms with E-state index >= 15 is 0 Å². The normalized spacial score (nSPS) is 9.94. The number of nitrogens with one attached hydrogen (secondary N) is 2. The molecule has 1 rings (SSSR count). The highest BCUT2D eigenvalue weighted by molar-refractivity contribution is 5.81. The second-order valence-corrected chi connectivity index (χ2v) is 3.95. The number of hydrogen-bond acceptors (Lipinski definition) is 3. The van der Waals surface area contributed by atoms with Crippen LogP contribution in [0, 0.1) is 13.8 Å². The molecule has 0 atom stereocenters. The molecule has 0 saturated heterocycles. The first-order valence-corrected chi connectivity index (χ1v) is 5.67. The lowest BCUT2D eigenvalue weighted by Gasteiger charge is -2.12. The number of nitrogens with zero attached hydrogens (tertiary/aromatic N) is 1. The van der Waals surface area contributed by atoms with Gasteiger partial charge in [0.15, 0.2) is 0 Å². The van der Waals surface area contributed by atoms with Crippen LogP contribution in [-0.2, 0) is 11.3 Å². The second kappa shape index (κ2) is 6.00. The van der Waals surface area contributed by atoms with E-state index in [2.05, 4.69) is 15.6 Å². The van der Waals surface area contributed by atoms with Gasteiger partial charge in [-0.05, 0) is 31.0 Å². The number of hydrogen-bond donors (Lipinski definition) is 3. The number of amides is 2. The van der Waals surface area contributed by atoms with Gasteiger partial charge in [0, 0.05) is 18.7 Å². The average Bonchev–Trinajstić information content (AvgIpc) is 2.26. The SMILES string of the molecule is CCC(=O)NCc1c(C)cc(NC(=O)O)nc1C. The highest BCUT2D eigenvalue weighted by Gasteiger charge is 2.09. The van der Waals surface area contributed by atoms with Crippen LogP contribution in [0.15, 0.2) is 6.07 Å². The summed E-state index contributed by atoms with van der Waals surface area (Å²) in [6.45, 7) is 5.83. The molecule has 6 nitrogen and oxygen atoms in total. The van der Waals surface area contributed by atoms with Gasteiger partial charge in [-0.1, -0.05) is 6.92 Å². The third-order valence-electron chi connectivity index (χ3n) is 2.57. The maximum Gasteiger partial charge on any atom is 0.410 e. The van der Waals surface area contributed by atoms with Crippen molar-refractivity contribution in [2.24, 2.45) is 0 Å². The lowest BCUT2D eigenvalue weighted by atomic mass is 10.1. The molecule has 1 heterocycles. The molecule has 6 heteroatoms. The monoisotopic (exact) mass is 251 g/mol. The van der Waals surface area contributed by atoms with E-state index in [0.717, 1.165) is 11.1 Å². The molecule has 0 aliphatic rings. The van der Waals surface area contributed by atoms with E-state index in [9.17, 15) is 9.59 Å². The molecular formula is C12H17N3O3. The summed E-state index contributed by atoms with van der Waals surface area (Å²) in [6.07, 6.45) is -0.710. The number of carboxylic acid groups (broad SMARTS) is 1. The Morgan fingerprint density at radius 1 is 1.39 bits per heavy atom. The molecule has 3 N–H and O–H groups in total. The molecule has 0 bridgehead atoms. The first kappa shape index (κ1) is 14.0. The van der Waals surface area contributed by atoms with Crippen molar-refractivity contribution in [3.63, 3.8) is 0 Å². The van der Waals surface area contributed by atoms with Crippen LogP contribution in [0.25, 0.3) is 0 Å². The minimum atomic E-state index is -1.15. The van der Waals surface area contributed by atoms with Crippen molar-refractivity contribution < 1.29 is 14.7 Å². The third-order valence-corrected chi connectivity index (χ3v) is 2.57. The van der Waals surface area contributed by atoms with E-state index in [-0.39, 0.29) is 5.91 Å². The molecule has 0 fully saturated rings. The molecule has 1 aromatic rings. The van der Waals surface area contributed by atoms with Crippen molar-refractivity contribution in [2.75, 3.05) is 5.32 Å². The summed E-state index contributed by atoms with van der Waals surface area (Å²) in [7, 11) is 0. The summed E-state index contributed by atoms with van der Waals surface area (Å²) in [5, 5.41) is 13.6. The lowest BCUT2D eigenvalue weighted by molar-refractivity contribution is -0.120. The van der Waals surface area contributed by atoms with E-state index in [1.807, 2.05) is 6.92 Å². The van der Waals surface area contributed by atoms with Crippen molar-refractivity contribution in [3.05, 3.63) is 22.9 Å². The summed E-state index contributed by atoms with van der Waals surface area (Å²) in [4.78, 5) is 25.9. The fourth-order valence-corrected chi connectivity index (χ4v) is 1.61. The molecule has 0 unspecified atom stereocenters. The number of pyridine rings is 1. The van der Waals surface area contributed by atoms with Gasteiger partial charge < -0.3 is 10.4 Å². The van der Waals surface area contributed by atoms with Crippen LogP contribution in [0.2, 0.25) is 0 Å². The van der Waals surface area contributed by atoms with Gasteiger partial charge in [-0.15, -0.1) is 0 Å². The zero-order valence-electron chi connectivity index (χ0n) is 10.7. The maximum atomic E-state index is 11.2. The molecule has 0 spiro atoms. The van der Waals surface area contributed by atoms with E-state index in [0.29, 0.717) is 24.5 Å². The molecule has 0 aliphatic heterocycles. The Morgan fingerprint density at radius 3 is 2.56 bits per heavy atom. The second-order valence-electron chi connectivity index (χ2n) is 3.95. The zero-order valence-corrected chi connectivity index (χ0v) is 10.7. The largest absolute Gasteiger partial charge is 0.465 e. The van der Waals surface area contributed by atoms with Crippen molar-refractivity contribution in [1.82, 2.24) is 10.3 Å². The number of carbonyl (C=O) groups is 2. The molecule has 0 aliphatic carbocycles. The van der Waals surface area contributed by atoms with Crippen molar-refractivity contribution >= 4 is 17.8 Å². The van der Waals surface area contributed by atoms with Gasteiger partial charge in [-0.3, -0.25) is 10.1 Å². The van der Waals surface area contributed by atoms with Gasteiger partial charge in [-0.2, -0.15) is 0 Å². The smallest absolute Gasteiger partial charge is 0.410 e. The molecule has 1 aromatic heterocycles. The summed E-state index contributed by atoms with van der Waals surface area (Å²) >= 11 is 0. The van der Waals surface area contributed by atoms with Crippen LogP contribution >= 0.6 is 0 Å². The van der Waals surface area contributed by atoms with Crippen molar-refractivity contribution in [3.8, 4) is 0 Å². The Balaban J connectivity index is 2.87. The Kier molecular flexibility index (Phi) is 4.65. The molecule has 0 radical (unpaired) electrons. The van der Waals surface area contributed by atoms with E-state index in [1.54, 1.807) is 19.9 Å². The van der Waals surface area contributed by atoms with Gasteiger partial charge in [0.1, 0.15) is 5.82 Å². The summed E-state index contributed by atoms with van der Waals surface area (Å²) in [5.41, 5.74) is 2.51. The van der Waals surface area contributed by atoms with E-state index in [4.69, 9.17) is 5.11 Å². The van der Waals surface area contributed by atoms with Crippen LogP contribution < -0.4 is 10.6 Å².